The van der Waals surface area contributed by atoms with Crippen molar-refractivity contribution in [3.05, 3.63) is 158 Å². The summed E-state index contributed by atoms with van der Waals surface area (Å²) >= 11 is 0. The van der Waals surface area contributed by atoms with Crippen molar-refractivity contribution in [2.75, 3.05) is 0 Å². The third kappa shape index (κ3) is 4.27. The van der Waals surface area contributed by atoms with Crippen molar-refractivity contribution in [3.63, 3.8) is 0 Å². The number of aromatic nitrogens is 4. The fraction of sp³-hybridized carbons (Fsp3) is 0. The summed E-state index contributed by atoms with van der Waals surface area (Å²) in [6.45, 7) is 0. The predicted molar refractivity (Wildman–Crippen MR) is 185 cm³/mol. The average molecular weight is 575 g/mol. The summed E-state index contributed by atoms with van der Waals surface area (Å²) in [4.78, 5) is 14.5. The molecule has 4 heteroatoms. The van der Waals surface area contributed by atoms with E-state index in [2.05, 4.69) is 131 Å². The van der Waals surface area contributed by atoms with Gasteiger partial charge in [-0.1, -0.05) is 84.9 Å². The minimum Gasteiger partial charge on any atom is -0.308 e. The van der Waals surface area contributed by atoms with Crippen LogP contribution < -0.4 is 0 Å². The van der Waals surface area contributed by atoms with Crippen LogP contribution in [-0.2, 0) is 0 Å². The minimum absolute atomic E-state index is 0.841. The zero-order chi connectivity index (χ0) is 29.7. The molecule has 0 unspecified atom stereocenters. The summed E-state index contributed by atoms with van der Waals surface area (Å²) in [6, 6.07) is 51.2. The Morgan fingerprint density at radius 2 is 1.18 bits per heavy atom. The maximum Gasteiger partial charge on any atom is 0.0963 e. The van der Waals surface area contributed by atoms with Gasteiger partial charge < -0.3 is 4.57 Å². The van der Waals surface area contributed by atoms with E-state index in [1.165, 1.54) is 21.5 Å². The van der Waals surface area contributed by atoms with E-state index in [0.717, 1.165) is 61.4 Å². The van der Waals surface area contributed by atoms with Gasteiger partial charge in [-0.15, -0.1) is 0 Å². The second-order valence-electron chi connectivity index (χ2n) is 11.3. The molecule has 0 atom stereocenters. The van der Waals surface area contributed by atoms with E-state index in [-0.39, 0.29) is 0 Å². The van der Waals surface area contributed by atoms with Crippen molar-refractivity contribution in [1.82, 2.24) is 19.5 Å². The van der Waals surface area contributed by atoms with Crippen molar-refractivity contribution in [3.8, 4) is 39.5 Å². The molecule has 9 aromatic rings. The predicted octanol–water partition coefficient (Wildman–Crippen LogP) is 10.3. The quantitative estimate of drug-likeness (QED) is 0.196. The molecule has 0 aliphatic heterocycles. The van der Waals surface area contributed by atoms with Crippen molar-refractivity contribution in [1.29, 1.82) is 0 Å². The summed E-state index contributed by atoms with van der Waals surface area (Å²) < 4.78 is 2.29. The Labute approximate surface area is 259 Å². The fourth-order valence-electron chi connectivity index (χ4n) is 6.55. The molecule has 0 aliphatic rings. The summed E-state index contributed by atoms with van der Waals surface area (Å²) in [5, 5.41) is 6.12. The molecule has 4 nitrogen and oxygen atoms in total. The molecule has 0 aliphatic carbocycles. The molecule has 0 spiro atoms. The van der Waals surface area contributed by atoms with E-state index in [4.69, 9.17) is 9.97 Å². The second-order valence-corrected chi connectivity index (χ2v) is 11.3. The van der Waals surface area contributed by atoms with Gasteiger partial charge in [0.15, 0.2) is 0 Å². The zero-order valence-electron chi connectivity index (χ0n) is 24.3. The highest BCUT2D eigenvalue weighted by Gasteiger charge is 2.15. The number of fused-ring (bicyclic) bond motifs is 6. The molecule has 0 fully saturated rings. The Hall–Kier alpha value is -6.13. The Bertz CT molecular complexity index is 2490. The Morgan fingerprint density at radius 3 is 2.11 bits per heavy atom. The van der Waals surface area contributed by atoms with E-state index in [0.29, 0.717) is 0 Å². The normalized spacial score (nSPS) is 11.6. The average Bonchev–Trinajstić information content (AvgIpc) is 3.46. The molecule has 0 amide bonds. The van der Waals surface area contributed by atoms with Gasteiger partial charge in [0.2, 0.25) is 0 Å². The number of pyridine rings is 3. The zero-order valence-corrected chi connectivity index (χ0v) is 24.3. The summed E-state index contributed by atoms with van der Waals surface area (Å²) in [6.07, 6.45) is 3.68. The molecule has 210 valence electrons. The van der Waals surface area contributed by atoms with Crippen molar-refractivity contribution in [2.45, 2.75) is 0 Å². The Balaban J connectivity index is 1.23. The van der Waals surface area contributed by atoms with Crippen LogP contribution in [-0.4, -0.2) is 19.5 Å². The Kier molecular flexibility index (Phi) is 5.78. The van der Waals surface area contributed by atoms with Crippen molar-refractivity contribution in [2.24, 2.45) is 0 Å². The molecule has 45 heavy (non-hydrogen) atoms. The maximum absolute atomic E-state index is 5.17. The lowest BCUT2D eigenvalue weighted by Crippen LogP contribution is -1.96. The molecule has 9 rings (SSSR count). The summed E-state index contributed by atoms with van der Waals surface area (Å²) in [5.74, 6) is 0. The van der Waals surface area contributed by atoms with Crippen LogP contribution in [0.25, 0.3) is 82.9 Å². The van der Waals surface area contributed by atoms with E-state index >= 15 is 0 Å². The van der Waals surface area contributed by atoms with E-state index in [1.807, 2.05) is 36.7 Å². The highest BCUT2D eigenvalue weighted by Crippen LogP contribution is 2.35. The first-order valence-electron chi connectivity index (χ1n) is 15.1. The lowest BCUT2D eigenvalue weighted by molar-refractivity contribution is 1.17. The highest BCUT2D eigenvalue weighted by molar-refractivity contribution is 6.09. The van der Waals surface area contributed by atoms with Crippen LogP contribution in [0.5, 0.6) is 0 Å². The van der Waals surface area contributed by atoms with Crippen LogP contribution in [0.15, 0.2) is 158 Å². The van der Waals surface area contributed by atoms with Crippen LogP contribution in [0.3, 0.4) is 0 Å². The molecule has 0 saturated carbocycles. The standard InChI is InChI=1S/C41H26N4/c1-2-12-33-27(9-1)17-18-29-23-28(19-20-34(29)33)31-25-37(44-38(26-31)36-14-5-6-21-42-36)30-10-7-11-32(24-30)45-39-15-4-3-13-35(39)41-40(45)16-8-22-43-41/h1-26H. The molecule has 4 heterocycles. The lowest BCUT2D eigenvalue weighted by Gasteiger charge is -2.13. The maximum atomic E-state index is 5.17. The minimum atomic E-state index is 0.841. The number of nitrogens with zero attached hydrogens (tertiary/aromatic N) is 4. The van der Waals surface area contributed by atoms with E-state index in [9.17, 15) is 0 Å². The van der Waals surface area contributed by atoms with Crippen LogP contribution in [0.4, 0.5) is 0 Å². The first-order chi connectivity index (χ1) is 22.3. The van der Waals surface area contributed by atoms with Gasteiger partial charge in [0.1, 0.15) is 0 Å². The largest absolute Gasteiger partial charge is 0.308 e. The number of hydrogen-bond donors (Lipinski definition) is 0. The SMILES string of the molecule is c1ccc(-c2cc(-c3ccc4c(ccc5ccccc54)c3)cc(-c3cccc(-n4c5ccccc5c5ncccc54)c3)n2)nc1. The highest BCUT2D eigenvalue weighted by atomic mass is 15.0. The third-order valence-corrected chi connectivity index (χ3v) is 8.66. The van der Waals surface area contributed by atoms with Crippen LogP contribution in [0.2, 0.25) is 0 Å². The lowest BCUT2D eigenvalue weighted by atomic mass is 9.96. The van der Waals surface area contributed by atoms with Crippen LogP contribution in [0.1, 0.15) is 0 Å². The van der Waals surface area contributed by atoms with Gasteiger partial charge in [-0.2, -0.15) is 0 Å². The molecule has 5 aromatic carbocycles. The van der Waals surface area contributed by atoms with Gasteiger partial charge in [-0.05, 0) is 93.3 Å². The number of para-hydroxylation sites is 1. The topological polar surface area (TPSA) is 43.6 Å². The van der Waals surface area contributed by atoms with E-state index in [1.54, 1.807) is 0 Å². The molecular weight excluding hydrogens is 548 g/mol. The van der Waals surface area contributed by atoms with Gasteiger partial charge in [-0.25, -0.2) is 4.98 Å². The van der Waals surface area contributed by atoms with Crippen LogP contribution in [0, 0.1) is 0 Å². The Morgan fingerprint density at radius 1 is 0.400 bits per heavy atom. The number of benzene rings is 5. The van der Waals surface area contributed by atoms with Crippen molar-refractivity contribution < 1.29 is 0 Å². The number of hydrogen-bond acceptors (Lipinski definition) is 3. The summed E-state index contributed by atoms with van der Waals surface area (Å²) in [5.41, 5.74) is 10.1. The number of rotatable bonds is 4. The first-order valence-corrected chi connectivity index (χ1v) is 15.1. The molecule has 4 aromatic heterocycles. The fourth-order valence-corrected chi connectivity index (χ4v) is 6.55. The smallest absolute Gasteiger partial charge is 0.0963 e. The van der Waals surface area contributed by atoms with Gasteiger partial charge >= 0.3 is 0 Å². The molecule has 0 radical (unpaired) electrons. The molecule has 0 saturated heterocycles. The van der Waals surface area contributed by atoms with E-state index < -0.39 is 0 Å². The second kappa shape index (κ2) is 10.2. The first kappa shape index (κ1) is 25.4. The van der Waals surface area contributed by atoms with Gasteiger partial charge in [0.25, 0.3) is 0 Å². The van der Waals surface area contributed by atoms with Gasteiger partial charge in [0.05, 0.1) is 33.6 Å². The molecule has 0 N–H and O–H groups in total. The summed E-state index contributed by atoms with van der Waals surface area (Å²) in [7, 11) is 0. The molecular formula is C41H26N4. The third-order valence-electron chi connectivity index (χ3n) is 8.66. The molecule has 0 bridgehead atoms. The van der Waals surface area contributed by atoms with Gasteiger partial charge in [0, 0.05) is 29.0 Å². The van der Waals surface area contributed by atoms with Crippen LogP contribution >= 0.6 is 0 Å². The monoisotopic (exact) mass is 574 g/mol. The van der Waals surface area contributed by atoms with Gasteiger partial charge in [-0.3, -0.25) is 9.97 Å². The van der Waals surface area contributed by atoms with Crippen molar-refractivity contribution >= 4 is 43.5 Å².